The van der Waals surface area contributed by atoms with E-state index in [2.05, 4.69) is 20.8 Å². The Hall–Kier alpha value is -1.89. The van der Waals surface area contributed by atoms with Crippen LogP contribution in [0.1, 0.15) is 19.7 Å². The molecule has 0 bridgehead atoms. The summed E-state index contributed by atoms with van der Waals surface area (Å²) in [6, 6.07) is 3.61. The van der Waals surface area contributed by atoms with Crippen molar-refractivity contribution in [3.05, 3.63) is 23.4 Å². The van der Waals surface area contributed by atoms with Crippen LogP contribution in [0.5, 0.6) is 0 Å². The Morgan fingerprint density at radius 3 is 3.00 bits per heavy atom. The zero-order chi connectivity index (χ0) is 13.7. The molecule has 0 aliphatic carbocycles. The van der Waals surface area contributed by atoms with Crippen molar-refractivity contribution in [2.24, 2.45) is 5.92 Å². The fraction of sp³-hybridized carbons (Fsp3) is 0.417. The van der Waals surface area contributed by atoms with Crippen LogP contribution in [0.3, 0.4) is 0 Å². The van der Waals surface area contributed by atoms with Gasteiger partial charge in [0.05, 0.1) is 11.4 Å². The number of carbonyl (C=O) groups excluding carboxylic acids is 1. The normalized spacial score (nSPS) is 10.7. The minimum Gasteiger partial charge on any atom is -0.338 e. The zero-order valence-electron chi connectivity index (χ0n) is 10.8. The van der Waals surface area contributed by atoms with Gasteiger partial charge in [-0.15, -0.1) is 11.3 Å². The van der Waals surface area contributed by atoms with E-state index in [0.29, 0.717) is 24.2 Å². The predicted octanol–water partition coefficient (Wildman–Crippen LogP) is 2.25. The number of aromatic nitrogens is 2. The van der Waals surface area contributed by atoms with Gasteiger partial charge in [0, 0.05) is 6.54 Å². The van der Waals surface area contributed by atoms with E-state index >= 15 is 0 Å². The van der Waals surface area contributed by atoms with E-state index in [0.717, 1.165) is 4.88 Å². The maximum atomic E-state index is 11.4. The summed E-state index contributed by atoms with van der Waals surface area (Å²) in [7, 11) is 0. The number of urea groups is 1. The monoisotopic (exact) mass is 280 g/mol. The van der Waals surface area contributed by atoms with Gasteiger partial charge < -0.3 is 15.2 Å². The van der Waals surface area contributed by atoms with Crippen LogP contribution in [-0.4, -0.2) is 22.7 Å². The number of carbonyl (C=O) groups is 1. The zero-order valence-corrected chi connectivity index (χ0v) is 11.7. The summed E-state index contributed by atoms with van der Waals surface area (Å²) in [5.74, 6) is 1.36. The molecule has 0 aliphatic heterocycles. The van der Waals surface area contributed by atoms with Gasteiger partial charge in [-0.2, -0.15) is 4.98 Å². The number of rotatable bonds is 5. The van der Waals surface area contributed by atoms with Crippen LogP contribution in [0.25, 0.3) is 10.7 Å². The molecule has 2 rings (SSSR count). The molecule has 7 heteroatoms. The Kier molecular flexibility index (Phi) is 4.51. The molecule has 102 valence electrons. The lowest BCUT2D eigenvalue weighted by molar-refractivity contribution is 0.237. The minimum atomic E-state index is -0.232. The van der Waals surface area contributed by atoms with Gasteiger partial charge >= 0.3 is 6.03 Å². The van der Waals surface area contributed by atoms with Crippen LogP contribution >= 0.6 is 11.3 Å². The van der Waals surface area contributed by atoms with Crippen LogP contribution < -0.4 is 10.6 Å². The second-order valence-electron chi connectivity index (χ2n) is 4.45. The van der Waals surface area contributed by atoms with Crippen molar-refractivity contribution in [1.29, 1.82) is 0 Å². The number of nitrogens with zero attached hydrogens (tertiary/aromatic N) is 2. The van der Waals surface area contributed by atoms with Gasteiger partial charge in [0.25, 0.3) is 0 Å². The molecule has 2 aromatic rings. The largest absolute Gasteiger partial charge is 0.338 e. The maximum absolute atomic E-state index is 11.4. The Balaban J connectivity index is 1.82. The molecule has 6 nitrogen and oxygen atoms in total. The summed E-state index contributed by atoms with van der Waals surface area (Å²) >= 11 is 1.54. The number of nitrogens with one attached hydrogen (secondary N) is 2. The molecule has 0 aromatic carbocycles. The summed E-state index contributed by atoms with van der Waals surface area (Å²) in [5.41, 5.74) is 0. The van der Waals surface area contributed by atoms with Crippen molar-refractivity contribution in [2.75, 3.05) is 6.54 Å². The van der Waals surface area contributed by atoms with Gasteiger partial charge in [-0.1, -0.05) is 25.1 Å². The first-order chi connectivity index (χ1) is 9.15. The van der Waals surface area contributed by atoms with Gasteiger partial charge in [0.1, 0.15) is 0 Å². The Bertz CT molecular complexity index is 522. The quantitative estimate of drug-likeness (QED) is 0.880. The van der Waals surface area contributed by atoms with Crippen LogP contribution in [0.15, 0.2) is 22.0 Å². The van der Waals surface area contributed by atoms with Crippen molar-refractivity contribution in [1.82, 2.24) is 20.8 Å². The summed E-state index contributed by atoms with van der Waals surface area (Å²) < 4.78 is 5.07. The molecule has 0 saturated carbocycles. The maximum Gasteiger partial charge on any atom is 0.315 e. The van der Waals surface area contributed by atoms with Crippen LogP contribution in [0.2, 0.25) is 0 Å². The molecule has 0 unspecified atom stereocenters. The van der Waals surface area contributed by atoms with Gasteiger partial charge in [-0.05, 0) is 17.4 Å². The highest BCUT2D eigenvalue weighted by Crippen LogP contribution is 2.20. The van der Waals surface area contributed by atoms with E-state index in [9.17, 15) is 4.79 Å². The average molecular weight is 280 g/mol. The topological polar surface area (TPSA) is 80.0 Å². The van der Waals surface area contributed by atoms with Gasteiger partial charge in [0.15, 0.2) is 0 Å². The van der Waals surface area contributed by atoms with E-state index in [1.54, 1.807) is 11.3 Å². The average Bonchev–Trinajstić information content (AvgIpc) is 3.03. The first-order valence-corrected chi connectivity index (χ1v) is 6.91. The van der Waals surface area contributed by atoms with Crippen molar-refractivity contribution in [2.45, 2.75) is 20.4 Å². The molecule has 0 atom stereocenters. The highest BCUT2D eigenvalue weighted by Gasteiger charge is 2.10. The third kappa shape index (κ3) is 4.06. The number of hydrogen-bond donors (Lipinski definition) is 2. The van der Waals surface area contributed by atoms with Gasteiger partial charge in [-0.25, -0.2) is 4.79 Å². The number of hydrogen-bond acceptors (Lipinski definition) is 5. The number of thiophene rings is 1. The first-order valence-electron chi connectivity index (χ1n) is 6.03. The molecule has 19 heavy (non-hydrogen) atoms. The lowest BCUT2D eigenvalue weighted by Gasteiger charge is -2.07. The molecule has 0 fully saturated rings. The van der Waals surface area contributed by atoms with Crippen molar-refractivity contribution >= 4 is 17.4 Å². The Morgan fingerprint density at radius 1 is 1.47 bits per heavy atom. The molecule has 0 saturated heterocycles. The summed E-state index contributed by atoms with van der Waals surface area (Å²) in [6.45, 7) is 4.93. The molecule has 2 aromatic heterocycles. The van der Waals surface area contributed by atoms with Crippen LogP contribution in [0, 0.1) is 5.92 Å². The standard InChI is InChI=1S/C12H16N4O2S/c1-8(2)6-13-12(17)14-7-10-15-11(16-18-10)9-4-3-5-19-9/h3-5,8H,6-7H2,1-2H3,(H2,13,14,17). The molecule has 0 radical (unpaired) electrons. The van der Waals surface area contributed by atoms with Gasteiger partial charge in [0.2, 0.25) is 11.7 Å². The molecular weight excluding hydrogens is 264 g/mol. The molecule has 0 spiro atoms. The van der Waals surface area contributed by atoms with Gasteiger partial charge in [-0.3, -0.25) is 0 Å². The smallest absolute Gasteiger partial charge is 0.315 e. The molecule has 0 aliphatic rings. The van der Waals surface area contributed by atoms with E-state index in [4.69, 9.17) is 4.52 Å². The summed E-state index contributed by atoms with van der Waals surface area (Å²) in [6.07, 6.45) is 0. The van der Waals surface area contributed by atoms with Crippen LogP contribution in [-0.2, 0) is 6.54 Å². The predicted molar refractivity (Wildman–Crippen MR) is 72.7 cm³/mol. The summed E-state index contributed by atoms with van der Waals surface area (Å²) in [5, 5.41) is 11.2. The first kappa shape index (κ1) is 13.5. The summed E-state index contributed by atoms with van der Waals surface area (Å²) in [4.78, 5) is 16.6. The second kappa shape index (κ2) is 6.33. The lowest BCUT2D eigenvalue weighted by Crippen LogP contribution is -2.37. The van der Waals surface area contributed by atoms with E-state index < -0.39 is 0 Å². The fourth-order valence-corrected chi connectivity index (χ4v) is 2.00. The van der Waals surface area contributed by atoms with Crippen molar-refractivity contribution in [3.8, 4) is 10.7 Å². The number of amides is 2. The molecule has 2 amide bonds. The van der Waals surface area contributed by atoms with E-state index in [1.165, 1.54) is 0 Å². The highest BCUT2D eigenvalue weighted by molar-refractivity contribution is 7.13. The Labute approximate surface area is 115 Å². The molecule has 2 heterocycles. The second-order valence-corrected chi connectivity index (χ2v) is 5.39. The molecule has 2 N–H and O–H groups in total. The third-order valence-corrected chi connectivity index (χ3v) is 3.15. The molecular formula is C12H16N4O2S. The van der Waals surface area contributed by atoms with Crippen molar-refractivity contribution in [3.63, 3.8) is 0 Å². The minimum absolute atomic E-state index is 0.225. The van der Waals surface area contributed by atoms with E-state index in [-0.39, 0.29) is 12.6 Å². The lowest BCUT2D eigenvalue weighted by atomic mass is 10.2. The van der Waals surface area contributed by atoms with Crippen molar-refractivity contribution < 1.29 is 9.32 Å². The fourth-order valence-electron chi connectivity index (χ4n) is 1.35. The van der Waals surface area contributed by atoms with Crippen LogP contribution in [0.4, 0.5) is 4.79 Å². The SMILES string of the molecule is CC(C)CNC(=O)NCc1nc(-c2cccs2)no1. The van der Waals surface area contributed by atoms with E-state index in [1.807, 2.05) is 31.4 Å². The highest BCUT2D eigenvalue weighted by atomic mass is 32.1. The third-order valence-electron chi connectivity index (χ3n) is 2.28. The Morgan fingerprint density at radius 2 is 2.32 bits per heavy atom.